The molecule has 0 saturated carbocycles. The normalized spacial score (nSPS) is 11.7. The van der Waals surface area contributed by atoms with Crippen molar-refractivity contribution in [2.24, 2.45) is 0 Å². The number of hydrogen-bond donors (Lipinski definition) is 1. The second-order valence-corrected chi connectivity index (χ2v) is 4.25. The molecule has 0 aliphatic carbocycles. The zero-order chi connectivity index (χ0) is 11.1. The van der Waals surface area contributed by atoms with Crippen LogP contribution in [0.2, 0.25) is 0 Å². The van der Waals surface area contributed by atoms with Crippen LogP contribution in [0, 0.1) is 0 Å². The minimum atomic E-state index is -0.0851. The highest BCUT2D eigenvalue weighted by molar-refractivity contribution is 5.09. The van der Waals surface area contributed by atoms with Gasteiger partial charge in [0, 0.05) is 26.0 Å². The molecule has 1 heterocycles. The van der Waals surface area contributed by atoms with Gasteiger partial charge in [-0.2, -0.15) is 0 Å². The van der Waals surface area contributed by atoms with E-state index in [0.717, 1.165) is 19.5 Å². The van der Waals surface area contributed by atoms with Crippen molar-refractivity contribution < 1.29 is 4.74 Å². The van der Waals surface area contributed by atoms with Crippen molar-refractivity contribution in [3.63, 3.8) is 0 Å². The molecule has 1 N–H and O–H groups in total. The lowest BCUT2D eigenvalue weighted by Crippen LogP contribution is -2.37. The molecule has 0 fully saturated rings. The lowest BCUT2D eigenvalue weighted by atomic mass is 10.1. The number of pyridine rings is 1. The van der Waals surface area contributed by atoms with E-state index in [-0.39, 0.29) is 5.60 Å². The number of methoxy groups -OCH3 is 1. The van der Waals surface area contributed by atoms with Gasteiger partial charge in [-0.3, -0.25) is 4.98 Å². The summed E-state index contributed by atoms with van der Waals surface area (Å²) >= 11 is 0. The maximum absolute atomic E-state index is 5.32. The Labute approximate surface area is 91.9 Å². The minimum absolute atomic E-state index is 0.0851. The zero-order valence-electron chi connectivity index (χ0n) is 9.79. The molecule has 0 aromatic carbocycles. The third-order valence-electron chi connectivity index (χ3n) is 2.44. The van der Waals surface area contributed by atoms with Crippen molar-refractivity contribution in [1.82, 2.24) is 10.3 Å². The maximum atomic E-state index is 5.32. The van der Waals surface area contributed by atoms with E-state index in [2.05, 4.69) is 24.1 Å². The molecule has 3 heteroatoms. The van der Waals surface area contributed by atoms with Gasteiger partial charge in [0.25, 0.3) is 0 Å². The largest absolute Gasteiger partial charge is 0.377 e. The first kappa shape index (κ1) is 12.1. The Kier molecular flexibility index (Phi) is 4.72. The number of nitrogens with one attached hydrogen (secondary N) is 1. The van der Waals surface area contributed by atoms with Crippen LogP contribution in [0.25, 0.3) is 0 Å². The highest BCUT2D eigenvalue weighted by atomic mass is 16.5. The monoisotopic (exact) mass is 208 g/mol. The van der Waals surface area contributed by atoms with E-state index in [0.29, 0.717) is 0 Å². The van der Waals surface area contributed by atoms with Crippen LogP contribution >= 0.6 is 0 Å². The van der Waals surface area contributed by atoms with Gasteiger partial charge in [-0.25, -0.2) is 0 Å². The molecule has 0 saturated heterocycles. The zero-order valence-corrected chi connectivity index (χ0v) is 9.79. The Morgan fingerprint density at radius 3 is 2.60 bits per heavy atom. The van der Waals surface area contributed by atoms with Gasteiger partial charge in [0.1, 0.15) is 0 Å². The molecule has 0 aliphatic rings. The summed E-state index contributed by atoms with van der Waals surface area (Å²) < 4.78 is 5.32. The van der Waals surface area contributed by atoms with E-state index >= 15 is 0 Å². The van der Waals surface area contributed by atoms with Gasteiger partial charge in [0.05, 0.1) is 5.60 Å². The van der Waals surface area contributed by atoms with E-state index in [9.17, 15) is 0 Å². The highest BCUT2D eigenvalue weighted by Gasteiger charge is 2.14. The SMILES string of the molecule is COC(C)(C)CNCCc1ccncc1. The predicted molar refractivity (Wildman–Crippen MR) is 61.9 cm³/mol. The number of ether oxygens (including phenoxy) is 1. The molecule has 0 bridgehead atoms. The number of rotatable bonds is 6. The summed E-state index contributed by atoms with van der Waals surface area (Å²) in [6.07, 6.45) is 4.69. The molecule has 3 nitrogen and oxygen atoms in total. The number of hydrogen-bond acceptors (Lipinski definition) is 3. The van der Waals surface area contributed by atoms with E-state index < -0.39 is 0 Å². The van der Waals surface area contributed by atoms with Crippen LogP contribution < -0.4 is 5.32 Å². The average Bonchev–Trinajstić information content (AvgIpc) is 2.26. The van der Waals surface area contributed by atoms with Crippen LogP contribution in [-0.4, -0.2) is 30.8 Å². The Bertz CT molecular complexity index is 272. The number of aromatic nitrogens is 1. The molecule has 0 radical (unpaired) electrons. The Morgan fingerprint density at radius 1 is 1.33 bits per heavy atom. The van der Waals surface area contributed by atoms with Crippen LogP contribution in [0.15, 0.2) is 24.5 Å². The molecule has 15 heavy (non-hydrogen) atoms. The fourth-order valence-electron chi connectivity index (χ4n) is 1.24. The van der Waals surface area contributed by atoms with Crippen LogP contribution in [0.5, 0.6) is 0 Å². The topological polar surface area (TPSA) is 34.1 Å². The van der Waals surface area contributed by atoms with Crippen molar-refractivity contribution in [2.45, 2.75) is 25.9 Å². The molecule has 1 aromatic rings. The van der Waals surface area contributed by atoms with Crippen molar-refractivity contribution >= 4 is 0 Å². The van der Waals surface area contributed by atoms with Crippen molar-refractivity contribution in [1.29, 1.82) is 0 Å². The van der Waals surface area contributed by atoms with Crippen LogP contribution in [0.3, 0.4) is 0 Å². The quantitative estimate of drug-likeness (QED) is 0.722. The van der Waals surface area contributed by atoms with Gasteiger partial charge in [0.2, 0.25) is 0 Å². The Hall–Kier alpha value is -0.930. The van der Waals surface area contributed by atoms with Gasteiger partial charge in [-0.1, -0.05) is 0 Å². The molecular formula is C12H20N2O. The van der Waals surface area contributed by atoms with E-state index in [1.807, 2.05) is 24.5 Å². The fourth-order valence-corrected chi connectivity index (χ4v) is 1.24. The van der Waals surface area contributed by atoms with E-state index in [1.165, 1.54) is 5.56 Å². The molecule has 0 unspecified atom stereocenters. The molecule has 0 amide bonds. The van der Waals surface area contributed by atoms with Gasteiger partial charge in [0.15, 0.2) is 0 Å². The third-order valence-corrected chi connectivity index (χ3v) is 2.44. The van der Waals surface area contributed by atoms with Gasteiger partial charge in [-0.05, 0) is 44.5 Å². The van der Waals surface area contributed by atoms with Crippen molar-refractivity contribution in [3.8, 4) is 0 Å². The summed E-state index contributed by atoms with van der Waals surface area (Å²) in [7, 11) is 1.74. The highest BCUT2D eigenvalue weighted by Crippen LogP contribution is 2.04. The standard InChI is InChI=1S/C12H20N2O/c1-12(2,15-3)10-14-9-6-11-4-7-13-8-5-11/h4-5,7-8,14H,6,9-10H2,1-3H3. The maximum Gasteiger partial charge on any atom is 0.0746 e. The fraction of sp³-hybridized carbons (Fsp3) is 0.583. The van der Waals surface area contributed by atoms with Gasteiger partial charge >= 0.3 is 0 Å². The second kappa shape index (κ2) is 5.83. The van der Waals surface area contributed by atoms with Crippen LogP contribution in [0.1, 0.15) is 19.4 Å². The predicted octanol–water partition coefficient (Wildman–Crippen LogP) is 1.64. The van der Waals surface area contributed by atoms with Crippen LogP contribution in [0.4, 0.5) is 0 Å². The van der Waals surface area contributed by atoms with Gasteiger partial charge < -0.3 is 10.1 Å². The summed E-state index contributed by atoms with van der Waals surface area (Å²) in [6.45, 7) is 5.99. The van der Waals surface area contributed by atoms with Crippen LogP contribution in [-0.2, 0) is 11.2 Å². The lowest BCUT2D eigenvalue weighted by Gasteiger charge is -2.23. The van der Waals surface area contributed by atoms with E-state index in [1.54, 1.807) is 7.11 Å². The third kappa shape index (κ3) is 4.91. The Morgan fingerprint density at radius 2 is 2.00 bits per heavy atom. The molecule has 1 rings (SSSR count). The van der Waals surface area contributed by atoms with Crippen molar-refractivity contribution in [2.75, 3.05) is 20.2 Å². The first-order valence-electron chi connectivity index (χ1n) is 5.29. The summed E-state index contributed by atoms with van der Waals surface area (Å²) in [6, 6.07) is 4.09. The summed E-state index contributed by atoms with van der Waals surface area (Å²) in [5.74, 6) is 0. The first-order chi connectivity index (χ1) is 7.14. The first-order valence-corrected chi connectivity index (χ1v) is 5.29. The van der Waals surface area contributed by atoms with Gasteiger partial charge in [-0.15, -0.1) is 0 Å². The molecular weight excluding hydrogens is 188 g/mol. The summed E-state index contributed by atoms with van der Waals surface area (Å²) in [5, 5.41) is 3.38. The Balaban J connectivity index is 2.18. The second-order valence-electron chi connectivity index (χ2n) is 4.25. The molecule has 0 spiro atoms. The smallest absolute Gasteiger partial charge is 0.0746 e. The van der Waals surface area contributed by atoms with Crippen molar-refractivity contribution in [3.05, 3.63) is 30.1 Å². The average molecular weight is 208 g/mol. The molecule has 0 atom stereocenters. The lowest BCUT2D eigenvalue weighted by molar-refractivity contribution is 0.0235. The molecule has 84 valence electrons. The summed E-state index contributed by atoms with van der Waals surface area (Å²) in [4.78, 5) is 3.99. The minimum Gasteiger partial charge on any atom is -0.377 e. The molecule has 1 aromatic heterocycles. The van der Waals surface area contributed by atoms with E-state index in [4.69, 9.17) is 4.74 Å². The number of nitrogens with zero attached hydrogens (tertiary/aromatic N) is 1. The summed E-state index contributed by atoms with van der Waals surface area (Å²) in [5.41, 5.74) is 1.23. The molecule has 0 aliphatic heterocycles.